The Labute approximate surface area is 144 Å². The third-order valence-corrected chi connectivity index (χ3v) is 6.02. The van der Waals surface area contributed by atoms with Crippen LogP contribution >= 0.6 is 23.1 Å². The van der Waals surface area contributed by atoms with E-state index in [0.717, 1.165) is 22.7 Å². The van der Waals surface area contributed by atoms with Crippen LogP contribution in [0.3, 0.4) is 0 Å². The molecule has 1 aromatic heterocycles. The Hall–Kier alpha value is -1.60. The standard InChI is InChI=1S/C16H20N4OS2/c17-15-19-20-16(23-15)22-13(11-7-3-1-4-8-11)14(21)18-12-9-5-2-6-10-12/h1,3-4,7-8,12-13H,2,5-6,9-10H2,(H2,17,19)(H,18,21)/t13-/m0/s1. The molecule has 0 aliphatic heterocycles. The SMILES string of the molecule is Nc1nnc(S[C@H](C(=O)NC2CCCCC2)c2ccccc2)s1. The van der Waals surface area contributed by atoms with Crippen LogP contribution in [-0.2, 0) is 4.79 Å². The van der Waals surface area contributed by atoms with Crippen LogP contribution in [0.2, 0.25) is 0 Å². The second-order valence-electron chi connectivity index (χ2n) is 5.66. The number of nitrogens with two attached hydrogens (primary N) is 1. The number of nitrogens with one attached hydrogen (secondary N) is 1. The summed E-state index contributed by atoms with van der Waals surface area (Å²) in [4.78, 5) is 12.8. The van der Waals surface area contributed by atoms with Crippen LogP contribution in [-0.4, -0.2) is 22.1 Å². The third-order valence-electron chi connectivity index (χ3n) is 3.93. The van der Waals surface area contributed by atoms with E-state index in [0.29, 0.717) is 11.2 Å². The molecule has 0 saturated heterocycles. The molecule has 1 aliphatic rings. The molecule has 0 bridgehead atoms. The summed E-state index contributed by atoms with van der Waals surface area (Å²) in [6.07, 6.45) is 5.81. The van der Waals surface area contributed by atoms with Gasteiger partial charge in [-0.05, 0) is 18.4 Å². The smallest absolute Gasteiger partial charge is 0.238 e. The lowest BCUT2D eigenvalue weighted by Gasteiger charge is -2.25. The molecule has 23 heavy (non-hydrogen) atoms. The van der Waals surface area contributed by atoms with Crippen LogP contribution in [0, 0.1) is 0 Å². The number of aromatic nitrogens is 2. The van der Waals surface area contributed by atoms with Gasteiger partial charge in [-0.25, -0.2) is 0 Å². The van der Waals surface area contributed by atoms with Crippen molar-refractivity contribution in [3.8, 4) is 0 Å². The van der Waals surface area contributed by atoms with Gasteiger partial charge < -0.3 is 11.1 Å². The van der Waals surface area contributed by atoms with Gasteiger partial charge in [-0.15, -0.1) is 10.2 Å². The number of nitrogens with zero attached hydrogens (tertiary/aromatic N) is 2. The number of carbonyl (C=O) groups excluding carboxylic acids is 1. The minimum Gasteiger partial charge on any atom is -0.374 e. The molecule has 2 aromatic rings. The molecule has 1 amide bonds. The number of nitrogen functional groups attached to an aromatic ring is 1. The van der Waals surface area contributed by atoms with E-state index >= 15 is 0 Å². The Balaban J connectivity index is 1.75. The lowest BCUT2D eigenvalue weighted by Crippen LogP contribution is -2.38. The molecular formula is C16H20N4OS2. The van der Waals surface area contributed by atoms with Gasteiger partial charge in [0.2, 0.25) is 11.0 Å². The largest absolute Gasteiger partial charge is 0.374 e. The van der Waals surface area contributed by atoms with Gasteiger partial charge in [-0.1, -0.05) is 72.7 Å². The molecule has 1 atom stereocenters. The van der Waals surface area contributed by atoms with Gasteiger partial charge in [-0.3, -0.25) is 4.79 Å². The first-order chi connectivity index (χ1) is 11.2. The molecule has 7 heteroatoms. The number of carbonyl (C=O) groups is 1. The average Bonchev–Trinajstić information content (AvgIpc) is 2.99. The van der Waals surface area contributed by atoms with Gasteiger partial charge in [0, 0.05) is 6.04 Å². The van der Waals surface area contributed by atoms with Crippen molar-refractivity contribution in [3.05, 3.63) is 35.9 Å². The Kier molecular flexibility index (Phi) is 5.51. The number of hydrogen-bond acceptors (Lipinski definition) is 6. The molecule has 1 fully saturated rings. The summed E-state index contributed by atoms with van der Waals surface area (Å²) in [5.41, 5.74) is 6.62. The fourth-order valence-electron chi connectivity index (χ4n) is 2.79. The highest BCUT2D eigenvalue weighted by atomic mass is 32.2. The molecule has 0 spiro atoms. The minimum atomic E-state index is -0.328. The van der Waals surface area contributed by atoms with Crippen molar-refractivity contribution in [1.82, 2.24) is 15.5 Å². The highest BCUT2D eigenvalue weighted by Gasteiger charge is 2.26. The number of anilines is 1. The van der Waals surface area contributed by atoms with Gasteiger partial charge >= 0.3 is 0 Å². The van der Waals surface area contributed by atoms with Crippen LogP contribution in [0.15, 0.2) is 34.7 Å². The number of benzene rings is 1. The van der Waals surface area contributed by atoms with Crippen molar-refractivity contribution >= 4 is 34.1 Å². The van der Waals surface area contributed by atoms with E-state index in [-0.39, 0.29) is 11.2 Å². The molecule has 0 unspecified atom stereocenters. The Morgan fingerprint density at radius 3 is 2.61 bits per heavy atom. The number of amides is 1. The molecule has 0 radical (unpaired) electrons. The Morgan fingerprint density at radius 2 is 1.96 bits per heavy atom. The molecule has 1 saturated carbocycles. The zero-order valence-corrected chi connectivity index (χ0v) is 14.4. The van der Waals surface area contributed by atoms with Crippen LogP contribution in [0.4, 0.5) is 5.13 Å². The third kappa shape index (κ3) is 4.45. The van der Waals surface area contributed by atoms with E-state index in [2.05, 4.69) is 15.5 Å². The summed E-state index contributed by atoms with van der Waals surface area (Å²) in [5, 5.41) is 11.2. The van der Waals surface area contributed by atoms with Gasteiger partial charge in [0.05, 0.1) is 0 Å². The molecule has 1 aromatic carbocycles. The molecular weight excluding hydrogens is 328 g/mol. The molecule has 5 nitrogen and oxygen atoms in total. The molecule has 3 rings (SSSR count). The molecule has 122 valence electrons. The van der Waals surface area contributed by atoms with E-state index in [1.165, 1.54) is 42.4 Å². The van der Waals surface area contributed by atoms with Crippen molar-refractivity contribution in [2.75, 3.05) is 5.73 Å². The lowest BCUT2D eigenvalue weighted by atomic mass is 9.95. The maximum atomic E-state index is 12.8. The van der Waals surface area contributed by atoms with Crippen LogP contribution in [0.1, 0.15) is 42.9 Å². The van der Waals surface area contributed by atoms with Crippen molar-refractivity contribution < 1.29 is 4.79 Å². The summed E-state index contributed by atoms with van der Waals surface area (Å²) in [6, 6.07) is 10.1. The number of rotatable bonds is 5. The maximum Gasteiger partial charge on any atom is 0.238 e. The van der Waals surface area contributed by atoms with E-state index in [4.69, 9.17) is 5.73 Å². The summed E-state index contributed by atoms with van der Waals surface area (Å²) in [6.45, 7) is 0. The summed E-state index contributed by atoms with van der Waals surface area (Å²) in [5.74, 6) is 0.0434. The van der Waals surface area contributed by atoms with Crippen molar-refractivity contribution in [2.24, 2.45) is 0 Å². The molecule has 3 N–H and O–H groups in total. The van der Waals surface area contributed by atoms with E-state index in [9.17, 15) is 4.79 Å². The van der Waals surface area contributed by atoms with Gasteiger partial charge in [-0.2, -0.15) is 0 Å². The highest BCUT2D eigenvalue weighted by molar-refractivity contribution is 8.01. The zero-order valence-electron chi connectivity index (χ0n) is 12.8. The predicted molar refractivity (Wildman–Crippen MR) is 94.4 cm³/mol. The van der Waals surface area contributed by atoms with Crippen LogP contribution < -0.4 is 11.1 Å². The number of hydrogen-bond donors (Lipinski definition) is 2. The first-order valence-corrected chi connectivity index (χ1v) is 9.53. The second kappa shape index (κ2) is 7.79. The molecule has 1 aliphatic carbocycles. The quantitative estimate of drug-likeness (QED) is 0.809. The van der Waals surface area contributed by atoms with Gasteiger partial charge in [0.1, 0.15) is 5.25 Å². The van der Waals surface area contributed by atoms with E-state index in [1.54, 1.807) is 0 Å². The normalized spacial score (nSPS) is 16.9. The first kappa shape index (κ1) is 16.3. The van der Waals surface area contributed by atoms with Gasteiger partial charge in [0.15, 0.2) is 4.34 Å². The fourth-order valence-corrected chi connectivity index (χ4v) is 4.63. The highest BCUT2D eigenvalue weighted by Crippen LogP contribution is 2.37. The fraction of sp³-hybridized carbons (Fsp3) is 0.438. The van der Waals surface area contributed by atoms with E-state index < -0.39 is 0 Å². The van der Waals surface area contributed by atoms with Crippen molar-refractivity contribution in [3.63, 3.8) is 0 Å². The predicted octanol–water partition coefficient (Wildman–Crippen LogP) is 3.40. The topological polar surface area (TPSA) is 80.9 Å². The van der Waals surface area contributed by atoms with Crippen LogP contribution in [0.25, 0.3) is 0 Å². The van der Waals surface area contributed by atoms with Crippen molar-refractivity contribution in [1.29, 1.82) is 0 Å². The van der Waals surface area contributed by atoms with Gasteiger partial charge in [0.25, 0.3) is 0 Å². The summed E-state index contributed by atoms with van der Waals surface area (Å²) < 4.78 is 0.718. The summed E-state index contributed by atoms with van der Waals surface area (Å²) >= 11 is 2.72. The molecule has 1 heterocycles. The number of thioether (sulfide) groups is 1. The first-order valence-electron chi connectivity index (χ1n) is 7.83. The van der Waals surface area contributed by atoms with E-state index in [1.807, 2.05) is 30.3 Å². The summed E-state index contributed by atoms with van der Waals surface area (Å²) in [7, 11) is 0. The maximum absolute atomic E-state index is 12.8. The minimum absolute atomic E-state index is 0.0434. The Morgan fingerprint density at radius 1 is 1.22 bits per heavy atom. The Bertz CT molecular complexity index is 641. The second-order valence-corrected chi connectivity index (χ2v) is 8.02. The van der Waals surface area contributed by atoms with Crippen LogP contribution in [0.5, 0.6) is 0 Å². The monoisotopic (exact) mass is 348 g/mol. The zero-order chi connectivity index (χ0) is 16.1. The van der Waals surface area contributed by atoms with Crippen molar-refractivity contribution in [2.45, 2.75) is 47.7 Å². The average molecular weight is 348 g/mol. The lowest BCUT2D eigenvalue weighted by molar-refractivity contribution is -0.121.